The lowest BCUT2D eigenvalue weighted by Gasteiger charge is -2.26. The van der Waals surface area contributed by atoms with Gasteiger partial charge in [0.1, 0.15) is 17.0 Å². The Labute approximate surface area is 214 Å². The molecule has 0 saturated carbocycles. The van der Waals surface area contributed by atoms with E-state index >= 15 is 0 Å². The van der Waals surface area contributed by atoms with E-state index in [0.717, 1.165) is 11.1 Å². The molecule has 4 aromatic rings. The van der Waals surface area contributed by atoms with E-state index in [9.17, 15) is 9.90 Å². The zero-order valence-electron chi connectivity index (χ0n) is 20.9. The van der Waals surface area contributed by atoms with E-state index in [1.54, 1.807) is 6.08 Å². The van der Waals surface area contributed by atoms with Crippen LogP contribution in [-0.2, 0) is 4.79 Å². The zero-order valence-corrected chi connectivity index (χ0v) is 21.9. The van der Waals surface area contributed by atoms with Crippen molar-refractivity contribution in [1.82, 2.24) is 4.98 Å². The van der Waals surface area contributed by atoms with E-state index in [1.165, 1.54) is 0 Å². The number of aromatic nitrogens is 1. The SMILES string of the molecule is CC(C)C(C)(C)[Si]Oc1cccc(C=C(C(=O)O)c2nc(-c3ccccc3)c(-c3ccccc3)o2)c1. The zero-order chi connectivity index (χ0) is 25.7. The summed E-state index contributed by atoms with van der Waals surface area (Å²) in [6, 6.07) is 26.6. The number of carboxylic acid groups (broad SMARTS) is 1. The van der Waals surface area contributed by atoms with Crippen LogP contribution in [0.2, 0.25) is 5.04 Å². The number of carbonyl (C=O) groups is 1. The van der Waals surface area contributed by atoms with Gasteiger partial charge in [-0.15, -0.1) is 0 Å². The molecule has 36 heavy (non-hydrogen) atoms. The van der Waals surface area contributed by atoms with Crippen LogP contribution in [0.4, 0.5) is 0 Å². The smallest absolute Gasteiger partial charge is 0.341 e. The van der Waals surface area contributed by atoms with Gasteiger partial charge in [-0.25, -0.2) is 9.78 Å². The molecule has 0 spiro atoms. The van der Waals surface area contributed by atoms with E-state index < -0.39 is 5.97 Å². The molecule has 0 saturated heterocycles. The maximum Gasteiger partial charge on any atom is 0.341 e. The molecule has 1 aromatic heterocycles. The minimum Gasteiger partial charge on any atom is -0.540 e. The molecular formula is C30H29NO4Si. The molecule has 182 valence electrons. The molecule has 0 fully saturated rings. The molecule has 1 N–H and O–H groups in total. The topological polar surface area (TPSA) is 72.6 Å². The Bertz CT molecular complexity index is 1300. The fraction of sp³-hybridized carbons (Fsp3) is 0.200. The molecule has 4 rings (SSSR count). The van der Waals surface area contributed by atoms with Crippen molar-refractivity contribution in [1.29, 1.82) is 0 Å². The average Bonchev–Trinajstić information content (AvgIpc) is 3.32. The van der Waals surface area contributed by atoms with E-state index in [-0.39, 0.29) is 26.3 Å². The molecule has 0 aliphatic carbocycles. The summed E-state index contributed by atoms with van der Waals surface area (Å²) in [6.07, 6.45) is 1.57. The van der Waals surface area contributed by atoms with Crippen LogP contribution in [0.25, 0.3) is 34.2 Å². The normalized spacial score (nSPS) is 12.1. The predicted molar refractivity (Wildman–Crippen MR) is 145 cm³/mol. The van der Waals surface area contributed by atoms with Crippen LogP contribution in [0.1, 0.15) is 39.1 Å². The molecule has 3 aromatic carbocycles. The van der Waals surface area contributed by atoms with Crippen LogP contribution in [-0.4, -0.2) is 25.8 Å². The van der Waals surface area contributed by atoms with Gasteiger partial charge in [-0.1, -0.05) is 100 Å². The van der Waals surface area contributed by atoms with Gasteiger partial charge in [-0.3, -0.25) is 0 Å². The number of carboxylic acids is 1. The third kappa shape index (κ3) is 5.83. The molecule has 0 atom stereocenters. The molecule has 0 unspecified atom stereocenters. The van der Waals surface area contributed by atoms with Crippen LogP contribution >= 0.6 is 0 Å². The van der Waals surface area contributed by atoms with Gasteiger partial charge < -0.3 is 13.9 Å². The van der Waals surface area contributed by atoms with Crippen LogP contribution < -0.4 is 4.43 Å². The molecule has 5 nitrogen and oxygen atoms in total. The molecule has 0 bridgehead atoms. The standard InChI is InChI=1S/C30H29NO4Si/c1-20(2)30(3,4)36-35-24-17-11-12-21(18-24)19-25(29(32)33)28-31-26(22-13-7-5-8-14-22)27(34-28)23-15-9-6-10-16-23/h5-20H,1-4H3,(H,32,33). The number of aliphatic carboxylic acids is 1. The number of oxazole rings is 1. The Morgan fingerprint density at radius 1 is 0.972 bits per heavy atom. The highest BCUT2D eigenvalue weighted by Gasteiger charge is 2.26. The molecule has 2 radical (unpaired) electrons. The second kappa shape index (κ2) is 10.8. The van der Waals surface area contributed by atoms with Crippen molar-refractivity contribution in [2.75, 3.05) is 0 Å². The highest BCUT2D eigenvalue weighted by atomic mass is 28.2. The first-order chi connectivity index (χ1) is 17.2. The fourth-order valence-electron chi connectivity index (χ4n) is 3.37. The van der Waals surface area contributed by atoms with Crippen molar-refractivity contribution in [2.45, 2.75) is 32.7 Å². The Kier molecular flexibility index (Phi) is 7.55. The Hall–Kier alpha value is -3.90. The van der Waals surface area contributed by atoms with Gasteiger partial charge in [0.25, 0.3) is 0 Å². The lowest BCUT2D eigenvalue weighted by atomic mass is 9.99. The summed E-state index contributed by atoms with van der Waals surface area (Å²) in [6.45, 7) is 8.72. The Balaban J connectivity index is 1.72. The summed E-state index contributed by atoms with van der Waals surface area (Å²) in [5, 5.41) is 10.1. The Morgan fingerprint density at radius 3 is 2.22 bits per heavy atom. The predicted octanol–water partition coefficient (Wildman–Crippen LogP) is 7.49. The van der Waals surface area contributed by atoms with Gasteiger partial charge in [-0.05, 0) is 34.7 Å². The van der Waals surface area contributed by atoms with Crippen molar-refractivity contribution < 1.29 is 18.7 Å². The minimum atomic E-state index is -1.12. The van der Waals surface area contributed by atoms with Gasteiger partial charge in [0.15, 0.2) is 5.76 Å². The van der Waals surface area contributed by atoms with Gasteiger partial charge >= 0.3 is 15.7 Å². The molecule has 0 aliphatic rings. The monoisotopic (exact) mass is 495 g/mol. The molecule has 1 heterocycles. The second-order valence-electron chi connectivity index (χ2n) is 9.44. The maximum absolute atomic E-state index is 12.3. The quantitative estimate of drug-likeness (QED) is 0.192. The number of benzene rings is 3. The summed E-state index contributed by atoms with van der Waals surface area (Å²) in [5.41, 5.74) is 2.93. The summed E-state index contributed by atoms with van der Waals surface area (Å²) in [4.78, 5) is 17.0. The lowest BCUT2D eigenvalue weighted by molar-refractivity contribution is -0.130. The van der Waals surface area contributed by atoms with Crippen molar-refractivity contribution in [3.8, 4) is 28.3 Å². The first kappa shape index (κ1) is 25.2. The van der Waals surface area contributed by atoms with Crippen molar-refractivity contribution in [3.05, 3.63) is 96.4 Å². The fourth-order valence-corrected chi connectivity index (χ4v) is 4.11. The van der Waals surface area contributed by atoms with E-state index in [1.807, 2.05) is 84.9 Å². The first-order valence-corrected chi connectivity index (χ1v) is 12.8. The maximum atomic E-state index is 12.3. The summed E-state index contributed by atoms with van der Waals surface area (Å²) in [7, 11) is 0.279. The van der Waals surface area contributed by atoms with Gasteiger partial charge in [0, 0.05) is 11.1 Å². The van der Waals surface area contributed by atoms with Crippen LogP contribution in [0.15, 0.2) is 89.3 Å². The Morgan fingerprint density at radius 2 is 1.61 bits per heavy atom. The highest BCUT2D eigenvalue weighted by Crippen LogP contribution is 2.36. The second-order valence-corrected chi connectivity index (χ2v) is 11.1. The summed E-state index contributed by atoms with van der Waals surface area (Å²) in [5.74, 6) is 0.625. The largest absolute Gasteiger partial charge is 0.540 e. The molecule has 0 amide bonds. The van der Waals surface area contributed by atoms with Crippen LogP contribution in [0, 0.1) is 5.92 Å². The molecular weight excluding hydrogens is 466 g/mol. The third-order valence-electron chi connectivity index (χ3n) is 6.22. The van der Waals surface area contributed by atoms with Gasteiger partial charge in [0.2, 0.25) is 5.89 Å². The van der Waals surface area contributed by atoms with Gasteiger partial charge in [-0.2, -0.15) is 0 Å². The van der Waals surface area contributed by atoms with E-state index in [2.05, 4.69) is 32.7 Å². The third-order valence-corrected chi connectivity index (χ3v) is 7.66. The minimum absolute atomic E-state index is 0.0310. The number of rotatable bonds is 9. The average molecular weight is 496 g/mol. The first-order valence-electron chi connectivity index (χ1n) is 11.9. The number of nitrogens with zero attached hydrogens (tertiary/aromatic N) is 1. The van der Waals surface area contributed by atoms with Crippen molar-refractivity contribution >= 4 is 27.4 Å². The van der Waals surface area contributed by atoms with Crippen LogP contribution in [0.5, 0.6) is 5.75 Å². The molecule has 6 heteroatoms. The highest BCUT2D eigenvalue weighted by molar-refractivity contribution is 6.33. The van der Waals surface area contributed by atoms with Crippen molar-refractivity contribution in [3.63, 3.8) is 0 Å². The van der Waals surface area contributed by atoms with Crippen molar-refractivity contribution in [2.24, 2.45) is 5.92 Å². The summed E-state index contributed by atoms with van der Waals surface area (Å²) < 4.78 is 12.2. The number of hydrogen-bond acceptors (Lipinski definition) is 4. The van der Waals surface area contributed by atoms with E-state index in [4.69, 9.17) is 8.84 Å². The summed E-state index contributed by atoms with van der Waals surface area (Å²) >= 11 is 0. The number of hydrogen-bond donors (Lipinski definition) is 1. The molecule has 0 aliphatic heterocycles. The van der Waals surface area contributed by atoms with Gasteiger partial charge in [0.05, 0.1) is 0 Å². The lowest BCUT2D eigenvalue weighted by Crippen LogP contribution is -2.24. The van der Waals surface area contributed by atoms with E-state index in [0.29, 0.717) is 28.7 Å². The van der Waals surface area contributed by atoms with Crippen LogP contribution in [0.3, 0.4) is 0 Å².